The molecule has 0 aliphatic carbocycles. The Hall–Kier alpha value is -3.99. The van der Waals surface area contributed by atoms with E-state index in [1.165, 1.54) is 6.08 Å². The van der Waals surface area contributed by atoms with Crippen LogP contribution in [0.3, 0.4) is 0 Å². The molecule has 3 rings (SSSR count). The van der Waals surface area contributed by atoms with Crippen molar-refractivity contribution in [2.75, 3.05) is 42.9 Å². The Morgan fingerprint density at radius 3 is 2.40 bits per heavy atom. The van der Waals surface area contributed by atoms with Gasteiger partial charge in [-0.1, -0.05) is 30.3 Å². The molecule has 9 nitrogen and oxygen atoms in total. The molecule has 0 aliphatic heterocycles. The number of methoxy groups -OCH3 is 1. The number of nitrogens with one attached hydrogen (secondary N) is 2. The standard InChI is InChI=1S/C30H35N3O6S/c1-37-27(9-5-6-10-28(35)33-26-8-4-3-7-25(26)31)29(21-11-15-23(16-12-21)38-20-19-34)39-30(36)32-22-13-17-24(40-2)18-14-22/h3-4,6-8,10-18,27,29,34H,5,9,19-20,31H2,1-2H3,(H,32,36)(H,33,35)/b10-6+/t27-,29-/m0/s1. The Bertz CT molecular complexity index is 1250. The van der Waals surface area contributed by atoms with Gasteiger partial charge in [0.2, 0.25) is 5.91 Å². The van der Waals surface area contributed by atoms with Gasteiger partial charge < -0.3 is 30.4 Å². The second kappa shape index (κ2) is 16.2. The molecule has 0 saturated heterocycles. The zero-order valence-electron chi connectivity index (χ0n) is 22.5. The molecule has 2 amide bonds. The molecule has 0 radical (unpaired) electrons. The summed E-state index contributed by atoms with van der Waals surface area (Å²) in [6.07, 6.45) is 4.24. The van der Waals surface area contributed by atoms with E-state index in [1.54, 1.807) is 73.5 Å². The average molecular weight is 566 g/mol. The van der Waals surface area contributed by atoms with Crippen LogP contribution >= 0.6 is 11.8 Å². The van der Waals surface area contributed by atoms with Crippen molar-refractivity contribution in [3.8, 4) is 5.75 Å². The van der Waals surface area contributed by atoms with Crippen molar-refractivity contribution >= 4 is 40.8 Å². The number of allylic oxidation sites excluding steroid dienone is 1. The number of hydrogen-bond donors (Lipinski definition) is 4. The minimum absolute atomic E-state index is 0.0956. The van der Waals surface area contributed by atoms with Crippen LogP contribution in [-0.4, -0.2) is 49.8 Å². The summed E-state index contributed by atoms with van der Waals surface area (Å²) in [6.45, 7) is 0.0795. The van der Waals surface area contributed by atoms with Crippen LogP contribution in [0.15, 0.2) is 89.8 Å². The van der Waals surface area contributed by atoms with Crippen molar-refractivity contribution in [1.29, 1.82) is 0 Å². The Balaban J connectivity index is 1.68. The number of carbonyl (C=O) groups excluding carboxylic acids is 2. The van der Waals surface area contributed by atoms with Gasteiger partial charge in [0.15, 0.2) is 6.10 Å². The van der Waals surface area contributed by atoms with E-state index in [0.29, 0.717) is 41.2 Å². The van der Waals surface area contributed by atoms with Gasteiger partial charge >= 0.3 is 6.09 Å². The molecule has 40 heavy (non-hydrogen) atoms. The van der Waals surface area contributed by atoms with Crippen molar-refractivity contribution in [3.05, 3.63) is 90.5 Å². The molecule has 0 spiro atoms. The second-order valence-corrected chi connectivity index (χ2v) is 9.53. The SMILES string of the molecule is CO[C@@H](CC/C=C/C(=O)Nc1ccccc1N)[C@@H](OC(=O)Nc1ccc(SC)cc1)c1ccc(OCCO)cc1. The molecule has 0 aromatic heterocycles. The van der Waals surface area contributed by atoms with Crippen molar-refractivity contribution < 1.29 is 28.9 Å². The van der Waals surface area contributed by atoms with Gasteiger partial charge in [-0.25, -0.2) is 4.79 Å². The minimum atomic E-state index is -0.742. The van der Waals surface area contributed by atoms with E-state index in [4.69, 9.17) is 25.1 Å². The van der Waals surface area contributed by atoms with Crippen LogP contribution in [0.25, 0.3) is 0 Å². The molecule has 0 heterocycles. The average Bonchev–Trinajstić information content (AvgIpc) is 2.97. The van der Waals surface area contributed by atoms with Gasteiger partial charge in [0, 0.05) is 17.7 Å². The van der Waals surface area contributed by atoms with Crippen molar-refractivity contribution in [2.45, 2.75) is 29.9 Å². The van der Waals surface area contributed by atoms with Gasteiger partial charge in [-0.15, -0.1) is 11.8 Å². The summed E-state index contributed by atoms with van der Waals surface area (Å²) in [7, 11) is 1.55. The smallest absolute Gasteiger partial charge is 0.412 e. The Labute approximate surface area is 238 Å². The number of hydrogen-bond acceptors (Lipinski definition) is 8. The highest BCUT2D eigenvalue weighted by Gasteiger charge is 2.27. The van der Waals surface area contributed by atoms with E-state index in [9.17, 15) is 9.59 Å². The number of aliphatic hydroxyl groups excluding tert-OH is 1. The number of carbonyl (C=O) groups is 2. The van der Waals surface area contributed by atoms with Crippen LogP contribution in [0, 0.1) is 0 Å². The maximum atomic E-state index is 12.9. The molecule has 2 atom stereocenters. The highest BCUT2D eigenvalue weighted by atomic mass is 32.2. The lowest BCUT2D eigenvalue weighted by molar-refractivity contribution is -0.111. The fourth-order valence-electron chi connectivity index (χ4n) is 3.84. The third-order valence-corrected chi connectivity index (χ3v) is 6.63. The Morgan fingerprint density at radius 1 is 1.02 bits per heavy atom. The van der Waals surface area contributed by atoms with E-state index in [-0.39, 0.29) is 19.1 Å². The summed E-state index contributed by atoms with van der Waals surface area (Å²) in [4.78, 5) is 26.3. The Morgan fingerprint density at radius 2 is 1.75 bits per heavy atom. The monoisotopic (exact) mass is 565 g/mol. The van der Waals surface area contributed by atoms with Gasteiger partial charge in [0.05, 0.1) is 24.1 Å². The number of aliphatic hydroxyl groups is 1. The quantitative estimate of drug-likeness (QED) is 0.112. The van der Waals surface area contributed by atoms with Crippen LogP contribution < -0.4 is 21.1 Å². The predicted octanol–water partition coefficient (Wildman–Crippen LogP) is 5.64. The number of rotatable bonds is 14. The lowest BCUT2D eigenvalue weighted by Gasteiger charge is -2.26. The van der Waals surface area contributed by atoms with E-state index in [1.807, 2.05) is 30.5 Å². The molecule has 5 N–H and O–H groups in total. The molecule has 3 aromatic rings. The van der Waals surface area contributed by atoms with Crippen LogP contribution in [0.2, 0.25) is 0 Å². The number of anilines is 3. The number of nitrogen functional groups attached to an aromatic ring is 1. The summed E-state index contributed by atoms with van der Waals surface area (Å²) in [5.41, 5.74) is 8.22. The minimum Gasteiger partial charge on any atom is -0.491 e. The normalized spacial score (nSPS) is 12.5. The first kappa shape index (κ1) is 30.6. The van der Waals surface area contributed by atoms with Crippen molar-refractivity contribution in [3.63, 3.8) is 0 Å². The van der Waals surface area contributed by atoms with Crippen molar-refractivity contribution in [1.82, 2.24) is 0 Å². The number of thioether (sulfide) groups is 1. The molecule has 212 valence electrons. The molecular formula is C30H35N3O6S. The molecule has 0 bridgehead atoms. The van der Waals surface area contributed by atoms with E-state index in [2.05, 4.69) is 10.6 Å². The molecule has 0 unspecified atom stereocenters. The second-order valence-electron chi connectivity index (χ2n) is 8.65. The highest BCUT2D eigenvalue weighted by molar-refractivity contribution is 7.98. The zero-order valence-corrected chi connectivity index (χ0v) is 23.4. The number of ether oxygens (including phenoxy) is 3. The van der Waals surface area contributed by atoms with Gasteiger partial charge in [-0.05, 0) is 79.3 Å². The van der Waals surface area contributed by atoms with E-state index < -0.39 is 18.3 Å². The highest BCUT2D eigenvalue weighted by Crippen LogP contribution is 2.29. The molecule has 0 saturated carbocycles. The molecular weight excluding hydrogens is 530 g/mol. The molecule has 10 heteroatoms. The number of para-hydroxylation sites is 2. The maximum absolute atomic E-state index is 12.9. The predicted molar refractivity (Wildman–Crippen MR) is 159 cm³/mol. The topological polar surface area (TPSA) is 132 Å². The molecule has 0 fully saturated rings. The maximum Gasteiger partial charge on any atom is 0.412 e. The third kappa shape index (κ3) is 9.64. The first-order valence-electron chi connectivity index (χ1n) is 12.7. The molecule has 0 aliphatic rings. The summed E-state index contributed by atoms with van der Waals surface area (Å²) in [5, 5.41) is 14.5. The van der Waals surface area contributed by atoms with E-state index >= 15 is 0 Å². The van der Waals surface area contributed by atoms with Crippen LogP contribution in [-0.2, 0) is 14.3 Å². The van der Waals surface area contributed by atoms with Crippen LogP contribution in [0.4, 0.5) is 21.9 Å². The summed E-state index contributed by atoms with van der Waals surface area (Å²) in [5.74, 6) is 0.279. The fourth-order valence-corrected chi connectivity index (χ4v) is 4.25. The van der Waals surface area contributed by atoms with Gasteiger partial charge in [-0.3, -0.25) is 10.1 Å². The Kier molecular flexibility index (Phi) is 12.4. The lowest BCUT2D eigenvalue weighted by atomic mass is 10.00. The van der Waals surface area contributed by atoms with Crippen LogP contribution in [0.5, 0.6) is 5.75 Å². The largest absolute Gasteiger partial charge is 0.491 e. The zero-order chi connectivity index (χ0) is 28.7. The summed E-state index contributed by atoms with van der Waals surface area (Å²) < 4.78 is 17.1. The number of nitrogens with two attached hydrogens (primary N) is 1. The lowest BCUT2D eigenvalue weighted by Crippen LogP contribution is -2.28. The summed E-state index contributed by atoms with van der Waals surface area (Å²) >= 11 is 1.61. The van der Waals surface area contributed by atoms with Crippen LogP contribution in [0.1, 0.15) is 24.5 Å². The number of benzene rings is 3. The van der Waals surface area contributed by atoms with Crippen molar-refractivity contribution in [2.24, 2.45) is 0 Å². The van der Waals surface area contributed by atoms with E-state index in [0.717, 1.165) is 4.90 Å². The molecule has 3 aromatic carbocycles. The summed E-state index contributed by atoms with van der Waals surface area (Å²) in [6, 6.07) is 21.5. The third-order valence-electron chi connectivity index (χ3n) is 5.89. The fraction of sp³-hybridized carbons (Fsp3) is 0.267. The van der Waals surface area contributed by atoms with Gasteiger partial charge in [-0.2, -0.15) is 0 Å². The number of amides is 2. The van der Waals surface area contributed by atoms with Gasteiger partial charge in [0.1, 0.15) is 12.4 Å². The first-order valence-corrected chi connectivity index (χ1v) is 14.0. The van der Waals surface area contributed by atoms with Gasteiger partial charge in [0.25, 0.3) is 0 Å². The first-order chi connectivity index (χ1) is 19.4.